The van der Waals surface area contributed by atoms with E-state index in [0.717, 1.165) is 22.0 Å². The molecule has 1 atom stereocenters. The molecule has 2 aromatic carbocycles. The molecule has 0 saturated carbocycles. The van der Waals surface area contributed by atoms with E-state index in [1.807, 2.05) is 37.2 Å². The fourth-order valence-corrected chi connectivity index (χ4v) is 3.14. The Morgan fingerprint density at radius 1 is 1.19 bits per heavy atom. The number of rotatable bonds is 6. The maximum Gasteiger partial charge on any atom is 0.287 e. The highest BCUT2D eigenvalue weighted by molar-refractivity contribution is 9.10. The largest absolute Gasteiger partial charge is 0.451 e. The summed E-state index contributed by atoms with van der Waals surface area (Å²) >= 11 is 3.41. The SMILES string of the molecule is CN(C)CCC(NC(=O)c1cc2cc(Br)ccc2o1)c1ccc(F)cc1. The van der Waals surface area contributed by atoms with E-state index >= 15 is 0 Å². The van der Waals surface area contributed by atoms with Crippen LogP contribution in [0.3, 0.4) is 0 Å². The molecule has 1 N–H and O–H groups in total. The average molecular weight is 419 g/mol. The van der Waals surface area contributed by atoms with Crippen molar-refractivity contribution in [2.45, 2.75) is 12.5 Å². The molecule has 0 aliphatic heterocycles. The highest BCUT2D eigenvalue weighted by Crippen LogP contribution is 2.24. The number of furan rings is 1. The van der Waals surface area contributed by atoms with Crippen LogP contribution < -0.4 is 5.32 Å². The monoisotopic (exact) mass is 418 g/mol. The van der Waals surface area contributed by atoms with E-state index in [4.69, 9.17) is 4.42 Å². The van der Waals surface area contributed by atoms with Crippen molar-refractivity contribution in [1.82, 2.24) is 10.2 Å². The van der Waals surface area contributed by atoms with Crippen molar-refractivity contribution in [1.29, 1.82) is 0 Å². The van der Waals surface area contributed by atoms with Gasteiger partial charge in [0.15, 0.2) is 5.76 Å². The van der Waals surface area contributed by atoms with Gasteiger partial charge in [-0.1, -0.05) is 28.1 Å². The third-order valence-electron chi connectivity index (χ3n) is 4.14. The molecule has 26 heavy (non-hydrogen) atoms. The summed E-state index contributed by atoms with van der Waals surface area (Å²) in [5.41, 5.74) is 1.52. The Hall–Kier alpha value is -2.18. The summed E-state index contributed by atoms with van der Waals surface area (Å²) < 4.78 is 19.8. The highest BCUT2D eigenvalue weighted by atomic mass is 79.9. The van der Waals surface area contributed by atoms with Gasteiger partial charge in [0.25, 0.3) is 5.91 Å². The molecule has 0 fully saturated rings. The Balaban J connectivity index is 1.81. The van der Waals surface area contributed by atoms with Crippen LogP contribution in [-0.2, 0) is 0 Å². The average Bonchev–Trinajstić information content (AvgIpc) is 3.02. The molecule has 0 aliphatic rings. The van der Waals surface area contributed by atoms with E-state index < -0.39 is 0 Å². The number of benzene rings is 2. The molecule has 4 nitrogen and oxygen atoms in total. The lowest BCUT2D eigenvalue weighted by Gasteiger charge is -2.20. The third-order valence-corrected chi connectivity index (χ3v) is 4.64. The van der Waals surface area contributed by atoms with Gasteiger partial charge in [-0.3, -0.25) is 4.79 Å². The minimum Gasteiger partial charge on any atom is -0.451 e. The van der Waals surface area contributed by atoms with Crippen molar-refractivity contribution >= 4 is 32.8 Å². The number of nitrogens with zero attached hydrogens (tertiary/aromatic N) is 1. The van der Waals surface area contributed by atoms with E-state index in [-0.39, 0.29) is 23.5 Å². The predicted octanol–water partition coefficient (Wildman–Crippen LogP) is 4.76. The van der Waals surface area contributed by atoms with E-state index in [1.54, 1.807) is 18.2 Å². The second-order valence-electron chi connectivity index (χ2n) is 6.46. The van der Waals surface area contributed by atoms with Crippen molar-refractivity contribution in [3.63, 3.8) is 0 Å². The van der Waals surface area contributed by atoms with Gasteiger partial charge in [-0.15, -0.1) is 0 Å². The number of fused-ring (bicyclic) bond motifs is 1. The summed E-state index contributed by atoms with van der Waals surface area (Å²) in [5.74, 6) is -0.324. The summed E-state index contributed by atoms with van der Waals surface area (Å²) in [6, 6.07) is 13.3. The van der Waals surface area contributed by atoms with Gasteiger partial charge >= 0.3 is 0 Å². The molecule has 1 heterocycles. The van der Waals surface area contributed by atoms with E-state index in [0.29, 0.717) is 12.0 Å². The van der Waals surface area contributed by atoms with Crippen LogP contribution in [0, 0.1) is 5.82 Å². The van der Waals surface area contributed by atoms with Crippen LogP contribution in [0.5, 0.6) is 0 Å². The minimum atomic E-state index is -0.297. The molecule has 3 aromatic rings. The maximum absolute atomic E-state index is 13.2. The lowest BCUT2D eigenvalue weighted by Crippen LogP contribution is -2.30. The first-order valence-corrected chi connectivity index (χ1v) is 9.12. The van der Waals surface area contributed by atoms with E-state index in [1.165, 1.54) is 12.1 Å². The van der Waals surface area contributed by atoms with Crippen LogP contribution in [-0.4, -0.2) is 31.4 Å². The fraction of sp³-hybridized carbons (Fsp3) is 0.250. The second-order valence-corrected chi connectivity index (χ2v) is 7.38. The summed E-state index contributed by atoms with van der Waals surface area (Å²) in [4.78, 5) is 14.7. The van der Waals surface area contributed by atoms with Gasteiger partial charge in [0.05, 0.1) is 6.04 Å². The Labute approximate surface area is 160 Å². The first-order chi connectivity index (χ1) is 12.4. The van der Waals surface area contributed by atoms with E-state index in [9.17, 15) is 9.18 Å². The van der Waals surface area contributed by atoms with Gasteiger partial charge in [-0.05, 0) is 69.0 Å². The smallest absolute Gasteiger partial charge is 0.287 e. The highest BCUT2D eigenvalue weighted by Gasteiger charge is 2.19. The number of hydrogen-bond acceptors (Lipinski definition) is 3. The summed E-state index contributed by atoms with van der Waals surface area (Å²) in [7, 11) is 3.95. The normalized spacial score (nSPS) is 12.5. The molecule has 0 saturated heterocycles. The van der Waals surface area contributed by atoms with Crippen LogP contribution in [0.2, 0.25) is 0 Å². The summed E-state index contributed by atoms with van der Waals surface area (Å²) in [5, 5.41) is 3.86. The molecule has 136 valence electrons. The predicted molar refractivity (Wildman–Crippen MR) is 104 cm³/mol. The van der Waals surface area contributed by atoms with Crippen molar-refractivity contribution in [3.05, 3.63) is 70.1 Å². The number of hydrogen-bond donors (Lipinski definition) is 1. The molecule has 1 amide bonds. The Bertz CT molecular complexity index is 906. The number of carbonyl (C=O) groups is 1. The minimum absolute atomic E-state index is 0.231. The molecule has 0 bridgehead atoms. The molecule has 1 unspecified atom stereocenters. The van der Waals surface area contributed by atoms with Crippen LogP contribution >= 0.6 is 15.9 Å². The molecule has 6 heteroatoms. The molecule has 1 aromatic heterocycles. The van der Waals surface area contributed by atoms with Gasteiger partial charge in [-0.25, -0.2) is 4.39 Å². The van der Waals surface area contributed by atoms with Gasteiger partial charge < -0.3 is 14.6 Å². The number of amides is 1. The zero-order valence-corrected chi connectivity index (χ0v) is 16.2. The second kappa shape index (κ2) is 8.01. The van der Waals surface area contributed by atoms with Gasteiger partial charge in [0.1, 0.15) is 11.4 Å². The van der Waals surface area contributed by atoms with Crippen molar-refractivity contribution in [2.75, 3.05) is 20.6 Å². The molecule has 0 aliphatic carbocycles. The number of halogens is 2. The first-order valence-electron chi connectivity index (χ1n) is 8.32. The Morgan fingerprint density at radius 2 is 1.92 bits per heavy atom. The Morgan fingerprint density at radius 3 is 2.62 bits per heavy atom. The fourth-order valence-electron chi connectivity index (χ4n) is 2.76. The first kappa shape index (κ1) is 18.6. The van der Waals surface area contributed by atoms with Crippen molar-refractivity contribution in [3.8, 4) is 0 Å². The summed E-state index contributed by atoms with van der Waals surface area (Å²) in [6.07, 6.45) is 0.705. The third kappa shape index (κ3) is 4.51. The maximum atomic E-state index is 13.2. The summed E-state index contributed by atoms with van der Waals surface area (Å²) in [6.45, 7) is 0.787. The van der Waals surface area contributed by atoms with Gasteiger partial charge in [0.2, 0.25) is 0 Å². The molecule has 0 radical (unpaired) electrons. The van der Waals surface area contributed by atoms with Crippen LogP contribution in [0.4, 0.5) is 4.39 Å². The Kier molecular flexibility index (Phi) is 5.74. The molecule has 3 rings (SSSR count). The van der Waals surface area contributed by atoms with Gasteiger partial charge in [-0.2, -0.15) is 0 Å². The molecule has 0 spiro atoms. The lowest BCUT2D eigenvalue weighted by molar-refractivity contribution is 0.0907. The standard InChI is InChI=1S/C20H20BrFN2O2/c1-24(2)10-9-17(13-3-6-16(22)7-4-13)23-20(25)19-12-14-11-15(21)5-8-18(14)26-19/h3-8,11-12,17H,9-10H2,1-2H3,(H,23,25). The quantitative estimate of drug-likeness (QED) is 0.627. The number of nitrogens with one attached hydrogen (secondary N) is 1. The van der Waals surface area contributed by atoms with Crippen LogP contribution in [0.1, 0.15) is 28.6 Å². The van der Waals surface area contributed by atoms with Crippen molar-refractivity contribution in [2.24, 2.45) is 0 Å². The topological polar surface area (TPSA) is 45.5 Å². The van der Waals surface area contributed by atoms with Crippen molar-refractivity contribution < 1.29 is 13.6 Å². The van der Waals surface area contributed by atoms with Crippen LogP contribution in [0.15, 0.2) is 57.4 Å². The lowest BCUT2D eigenvalue weighted by atomic mass is 10.0. The van der Waals surface area contributed by atoms with Crippen LogP contribution in [0.25, 0.3) is 11.0 Å². The van der Waals surface area contributed by atoms with E-state index in [2.05, 4.69) is 21.2 Å². The zero-order valence-electron chi connectivity index (χ0n) is 14.6. The number of carbonyl (C=O) groups excluding carboxylic acids is 1. The zero-order chi connectivity index (χ0) is 18.7. The molecular weight excluding hydrogens is 399 g/mol. The van der Waals surface area contributed by atoms with Gasteiger partial charge in [0, 0.05) is 9.86 Å². The molecular formula is C20H20BrFN2O2.